The molecule has 0 amide bonds. The van der Waals surface area contributed by atoms with Crippen molar-refractivity contribution in [3.05, 3.63) is 30.3 Å². The van der Waals surface area contributed by atoms with Gasteiger partial charge in [-0.15, -0.1) is 11.8 Å². The van der Waals surface area contributed by atoms with E-state index >= 15 is 0 Å². The van der Waals surface area contributed by atoms with E-state index in [1.165, 1.54) is 49.5 Å². The van der Waals surface area contributed by atoms with E-state index in [1.807, 2.05) is 11.8 Å². The number of rotatable bonds is 12. The van der Waals surface area contributed by atoms with Gasteiger partial charge in [-0.1, -0.05) is 38.5 Å². The minimum atomic E-state index is 1.12. The van der Waals surface area contributed by atoms with Gasteiger partial charge in [0.2, 0.25) is 0 Å². The lowest BCUT2D eigenvalue weighted by Crippen LogP contribution is -2.33. The number of likely N-dealkylation sites (N-methyl/N-ethyl adjacent to an activating group) is 1. The predicted molar refractivity (Wildman–Crippen MR) is 91.7 cm³/mol. The highest BCUT2D eigenvalue weighted by Crippen LogP contribution is 2.17. The van der Waals surface area contributed by atoms with Crippen molar-refractivity contribution >= 4 is 11.8 Å². The van der Waals surface area contributed by atoms with Crippen molar-refractivity contribution in [2.24, 2.45) is 0 Å². The number of thioether (sulfide) groups is 1. The van der Waals surface area contributed by atoms with Gasteiger partial charge < -0.3 is 10.2 Å². The van der Waals surface area contributed by atoms with Gasteiger partial charge in [0.05, 0.1) is 0 Å². The first kappa shape index (κ1) is 17.5. The average molecular weight is 295 g/mol. The molecule has 1 aromatic rings. The molecule has 3 heteroatoms. The van der Waals surface area contributed by atoms with Gasteiger partial charge in [0.25, 0.3) is 0 Å². The first-order chi connectivity index (χ1) is 9.86. The second-order valence-electron chi connectivity index (χ2n) is 5.05. The van der Waals surface area contributed by atoms with Crippen molar-refractivity contribution in [1.82, 2.24) is 10.2 Å². The third-order valence-corrected chi connectivity index (χ3v) is 4.49. The molecule has 2 nitrogen and oxygen atoms in total. The molecule has 0 spiro atoms. The Hall–Kier alpha value is -0.510. The van der Waals surface area contributed by atoms with Crippen LogP contribution in [0.3, 0.4) is 0 Å². The quantitative estimate of drug-likeness (QED) is 0.465. The summed E-state index contributed by atoms with van der Waals surface area (Å²) in [5.74, 6) is 1.20. The molecule has 20 heavy (non-hydrogen) atoms. The molecule has 0 radical (unpaired) electrons. The molecule has 0 aliphatic heterocycles. The summed E-state index contributed by atoms with van der Waals surface area (Å²) in [4.78, 5) is 3.92. The summed E-state index contributed by atoms with van der Waals surface area (Å²) in [7, 11) is 0. The van der Waals surface area contributed by atoms with E-state index in [0.717, 1.165) is 13.1 Å². The Morgan fingerprint density at radius 1 is 1.00 bits per heavy atom. The number of hydrogen-bond donors (Lipinski definition) is 1. The SMILES string of the molecule is CCCCN(CC)CCNCCCSc1ccccc1. The monoisotopic (exact) mass is 294 g/mol. The normalized spacial score (nSPS) is 11.2. The van der Waals surface area contributed by atoms with E-state index < -0.39 is 0 Å². The molecule has 0 unspecified atom stereocenters. The third-order valence-electron chi connectivity index (χ3n) is 3.39. The van der Waals surface area contributed by atoms with Crippen LogP contribution in [-0.2, 0) is 0 Å². The molecule has 0 saturated carbocycles. The lowest BCUT2D eigenvalue weighted by atomic mass is 10.3. The van der Waals surface area contributed by atoms with E-state index in [9.17, 15) is 0 Å². The molecule has 1 aromatic carbocycles. The van der Waals surface area contributed by atoms with Crippen LogP contribution >= 0.6 is 11.8 Å². The van der Waals surface area contributed by atoms with Crippen molar-refractivity contribution < 1.29 is 0 Å². The molecular formula is C17H30N2S. The standard InChI is InChI=1S/C17H30N2S/c1-3-5-14-19(4-2)15-13-18-12-9-16-20-17-10-7-6-8-11-17/h6-8,10-11,18H,3-5,9,12-16H2,1-2H3. The molecule has 114 valence electrons. The first-order valence-electron chi connectivity index (χ1n) is 7.97. The maximum atomic E-state index is 3.56. The molecule has 1 rings (SSSR count). The molecule has 0 aromatic heterocycles. The van der Waals surface area contributed by atoms with Crippen molar-refractivity contribution in [3.8, 4) is 0 Å². The van der Waals surface area contributed by atoms with E-state index in [-0.39, 0.29) is 0 Å². The second-order valence-corrected chi connectivity index (χ2v) is 6.22. The number of unbranched alkanes of at least 4 members (excludes halogenated alkanes) is 1. The summed E-state index contributed by atoms with van der Waals surface area (Å²) >= 11 is 1.95. The van der Waals surface area contributed by atoms with Crippen LogP contribution in [0.5, 0.6) is 0 Å². The molecule has 0 heterocycles. The zero-order valence-corrected chi connectivity index (χ0v) is 13.9. The molecule has 0 atom stereocenters. The van der Waals surface area contributed by atoms with Crippen LogP contribution in [0.2, 0.25) is 0 Å². The lowest BCUT2D eigenvalue weighted by molar-refractivity contribution is 0.283. The zero-order chi connectivity index (χ0) is 14.5. The van der Waals surface area contributed by atoms with Crippen LogP contribution in [0.25, 0.3) is 0 Å². The van der Waals surface area contributed by atoms with Crippen LogP contribution in [-0.4, -0.2) is 43.4 Å². The smallest absolute Gasteiger partial charge is 0.0107 e. The highest BCUT2D eigenvalue weighted by atomic mass is 32.2. The minimum Gasteiger partial charge on any atom is -0.315 e. The largest absolute Gasteiger partial charge is 0.315 e. The van der Waals surface area contributed by atoms with Crippen LogP contribution in [0.1, 0.15) is 33.1 Å². The zero-order valence-electron chi connectivity index (χ0n) is 13.1. The van der Waals surface area contributed by atoms with E-state index in [0.29, 0.717) is 0 Å². The number of nitrogens with one attached hydrogen (secondary N) is 1. The van der Waals surface area contributed by atoms with Gasteiger partial charge in [-0.2, -0.15) is 0 Å². The summed E-state index contributed by atoms with van der Waals surface area (Å²) in [6, 6.07) is 10.7. The Labute approximate surface area is 129 Å². The molecule has 0 aliphatic rings. The fourth-order valence-corrected chi connectivity index (χ4v) is 2.95. The number of nitrogens with zero attached hydrogens (tertiary/aromatic N) is 1. The van der Waals surface area contributed by atoms with Crippen molar-refractivity contribution in [2.45, 2.75) is 38.0 Å². The molecule has 0 bridgehead atoms. The van der Waals surface area contributed by atoms with E-state index in [1.54, 1.807) is 0 Å². The molecule has 1 N–H and O–H groups in total. The van der Waals surface area contributed by atoms with E-state index in [4.69, 9.17) is 0 Å². The summed E-state index contributed by atoms with van der Waals surface area (Å²) in [5.41, 5.74) is 0. The predicted octanol–water partition coefficient (Wildman–Crippen LogP) is 3.88. The number of benzene rings is 1. The van der Waals surface area contributed by atoms with Gasteiger partial charge >= 0.3 is 0 Å². The Bertz CT molecular complexity index is 316. The van der Waals surface area contributed by atoms with Gasteiger partial charge in [0, 0.05) is 18.0 Å². The summed E-state index contributed by atoms with van der Waals surface area (Å²) in [5, 5.41) is 3.56. The number of hydrogen-bond acceptors (Lipinski definition) is 3. The first-order valence-corrected chi connectivity index (χ1v) is 8.96. The van der Waals surface area contributed by atoms with Crippen LogP contribution in [0, 0.1) is 0 Å². The van der Waals surface area contributed by atoms with Gasteiger partial charge in [-0.05, 0) is 50.4 Å². The minimum absolute atomic E-state index is 1.12. The van der Waals surface area contributed by atoms with Crippen LogP contribution in [0.4, 0.5) is 0 Å². The lowest BCUT2D eigenvalue weighted by Gasteiger charge is -2.20. The van der Waals surface area contributed by atoms with E-state index in [2.05, 4.69) is 54.4 Å². The highest BCUT2D eigenvalue weighted by Gasteiger charge is 2.00. The summed E-state index contributed by atoms with van der Waals surface area (Å²) in [6.45, 7) is 10.4. The molecule has 0 aliphatic carbocycles. The summed E-state index contributed by atoms with van der Waals surface area (Å²) < 4.78 is 0. The third kappa shape index (κ3) is 8.62. The van der Waals surface area contributed by atoms with Crippen molar-refractivity contribution in [1.29, 1.82) is 0 Å². The van der Waals surface area contributed by atoms with Gasteiger partial charge in [-0.3, -0.25) is 0 Å². The Morgan fingerprint density at radius 2 is 1.80 bits per heavy atom. The van der Waals surface area contributed by atoms with Gasteiger partial charge in [0.15, 0.2) is 0 Å². The molecule has 0 saturated heterocycles. The molecule has 0 fully saturated rings. The summed E-state index contributed by atoms with van der Waals surface area (Å²) in [6.07, 6.45) is 3.85. The maximum absolute atomic E-state index is 3.56. The second kappa shape index (κ2) is 12.2. The van der Waals surface area contributed by atoms with Crippen LogP contribution < -0.4 is 5.32 Å². The Morgan fingerprint density at radius 3 is 2.50 bits per heavy atom. The maximum Gasteiger partial charge on any atom is 0.0107 e. The van der Waals surface area contributed by atoms with Crippen LogP contribution in [0.15, 0.2) is 35.2 Å². The fraction of sp³-hybridized carbons (Fsp3) is 0.647. The van der Waals surface area contributed by atoms with Gasteiger partial charge in [-0.25, -0.2) is 0 Å². The fourth-order valence-electron chi connectivity index (χ4n) is 2.08. The van der Waals surface area contributed by atoms with Crippen molar-refractivity contribution in [2.75, 3.05) is 38.5 Å². The van der Waals surface area contributed by atoms with Gasteiger partial charge in [0.1, 0.15) is 0 Å². The van der Waals surface area contributed by atoms with Crippen molar-refractivity contribution in [3.63, 3.8) is 0 Å². The Balaban J connectivity index is 1.94. The molecular weight excluding hydrogens is 264 g/mol. The Kier molecular flexibility index (Phi) is 10.7. The highest BCUT2D eigenvalue weighted by molar-refractivity contribution is 7.99. The topological polar surface area (TPSA) is 15.3 Å². The average Bonchev–Trinajstić information content (AvgIpc) is 2.50.